The fourth-order valence-electron chi connectivity index (χ4n) is 4.52. The number of hydrogen-bond donors (Lipinski definition) is 3. The van der Waals surface area contributed by atoms with Gasteiger partial charge in [-0.25, -0.2) is 14.4 Å². The summed E-state index contributed by atoms with van der Waals surface area (Å²) in [6.07, 6.45) is 5.33. The summed E-state index contributed by atoms with van der Waals surface area (Å²) in [7, 11) is 0. The molecular weight excluding hydrogens is 465 g/mol. The molecule has 0 aliphatic carbocycles. The van der Waals surface area contributed by atoms with Crippen LogP contribution in [-0.4, -0.2) is 53.8 Å². The zero-order valence-corrected chi connectivity index (χ0v) is 18.9. The molecule has 11 nitrogen and oxygen atoms in total. The molecule has 0 saturated heterocycles. The fourth-order valence-corrected chi connectivity index (χ4v) is 4.52. The van der Waals surface area contributed by atoms with Crippen LogP contribution >= 0.6 is 0 Å². The van der Waals surface area contributed by atoms with E-state index in [1.807, 2.05) is 6.07 Å². The molecule has 12 heteroatoms. The van der Waals surface area contributed by atoms with Crippen LogP contribution in [0.4, 0.5) is 16.2 Å². The van der Waals surface area contributed by atoms with E-state index in [0.717, 1.165) is 5.56 Å². The van der Waals surface area contributed by atoms with E-state index in [1.54, 1.807) is 27.1 Å². The summed E-state index contributed by atoms with van der Waals surface area (Å²) in [6, 6.07) is 8.87. The van der Waals surface area contributed by atoms with E-state index >= 15 is 0 Å². The highest BCUT2D eigenvalue weighted by atomic mass is 19.1. The molecule has 0 unspecified atom stereocenters. The summed E-state index contributed by atoms with van der Waals surface area (Å²) in [6.45, 7) is 1.03. The van der Waals surface area contributed by atoms with E-state index in [4.69, 9.17) is 4.74 Å². The van der Waals surface area contributed by atoms with E-state index in [0.29, 0.717) is 70.8 Å². The van der Waals surface area contributed by atoms with Gasteiger partial charge in [0.25, 0.3) is 0 Å². The van der Waals surface area contributed by atoms with Gasteiger partial charge in [0, 0.05) is 48.0 Å². The number of aliphatic hydroxyl groups excluding tert-OH is 1. The Kier molecular flexibility index (Phi) is 5.31. The highest BCUT2D eigenvalue weighted by molar-refractivity contribution is 5.87. The lowest BCUT2D eigenvalue weighted by Crippen LogP contribution is -2.11. The van der Waals surface area contributed by atoms with Crippen molar-refractivity contribution in [3.63, 3.8) is 0 Å². The fraction of sp³-hybridized carbons (Fsp3) is 0.208. The van der Waals surface area contributed by atoms with Gasteiger partial charge in [-0.15, -0.1) is 10.2 Å². The van der Waals surface area contributed by atoms with Gasteiger partial charge < -0.3 is 20.5 Å². The zero-order chi connectivity index (χ0) is 24.6. The lowest BCUT2D eigenvalue weighted by Gasteiger charge is -2.14. The lowest BCUT2D eigenvalue weighted by molar-refractivity contribution is 0.311. The third-order valence-corrected chi connectivity index (χ3v) is 6.17. The average Bonchev–Trinajstić information content (AvgIpc) is 3.66. The predicted octanol–water partition coefficient (Wildman–Crippen LogP) is 2.40. The number of rotatable bonds is 7. The van der Waals surface area contributed by atoms with Crippen LogP contribution in [0.3, 0.4) is 0 Å². The summed E-state index contributed by atoms with van der Waals surface area (Å²) < 4.78 is 23.5. The first-order valence-corrected chi connectivity index (χ1v) is 11.3. The first kappa shape index (κ1) is 21.8. The Labute approximate surface area is 203 Å². The van der Waals surface area contributed by atoms with Crippen molar-refractivity contribution in [3.05, 3.63) is 65.6 Å². The number of nitriles is 1. The summed E-state index contributed by atoms with van der Waals surface area (Å²) in [5, 5.41) is 33.4. The largest absolute Gasteiger partial charge is 0.493 e. The number of nitrogens with one attached hydrogen (secondary N) is 2. The molecule has 1 aliphatic rings. The maximum atomic E-state index is 14.6. The molecule has 0 fully saturated rings. The van der Waals surface area contributed by atoms with Crippen molar-refractivity contribution < 1.29 is 14.2 Å². The number of imidazole rings is 1. The lowest BCUT2D eigenvalue weighted by atomic mass is 10.0. The van der Waals surface area contributed by atoms with E-state index in [-0.39, 0.29) is 19.0 Å². The maximum Gasteiger partial charge on any atom is 0.210 e. The van der Waals surface area contributed by atoms with Gasteiger partial charge in [-0.05, 0) is 24.3 Å². The SMILES string of the molecule is N#Cc1cnc2c(-c3cnc(NCc4c(F)ccc5c4CCO5)n4cnnc34)ccc(NCCO)n12. The van der Waals surface area contributed by atoms with E-state index in [1.165, 1.54) is 18.6 Å². The molecule has 0 spiro atoms. The Morgan fingerprint density at radius 1 is 1.11 bits per heavy atom. The molecule has 3 N–H and O–H groups in total. The number of pyridine rings is 1. The van der Waals surface area contributed by atoms with Gasteiger partial charge in [0.15, 0.2) is 5.65 Å². The van der Waals surface area contributed by atoms with Gasteiger partial charge >= 0.3 is 0 Å². The molecular formula is C24H20FN9O2. The Morgan fingerprint density at radius 3 is 2.89 bits per heavy atom. The molecule has 0 atom stereocenters. The number of benzene rings is 1. The predicted molar refractivity (Wildman–Crippen MR) is 128 cm³/mol. The van der Waals surface area contributed by atoms with Crippen LogP contribution in [0.25, 0.3) is 22.4 Å². The number of fused-ring (bicyclic) bond motifs is 3. The minimum absolute atomic E-state index is 0.0543. The second kappa shape index (κ2) is 8.79. The highest BCUT2D eigenvalue weighted by Gasteiger charge is 2.21. The summed E-state index contributed by atoms with van der Waals surface area (Å²) >= 11 is 0. The zero-order valence-electron chi connectivity index (χ0n) is 18.9. The molecule has 1 aromatic carbocycles. The van der Waals surface area contributed by atoms with Crippen molar-refractivity contribution in [2.75, 3.05) is 30.4 Å². The molecule has 0 radical (unpaired) electrons. The quantitative estimate of drug-likeness (QED) is 0.317. The highest BCUT2D eigenvalue weighted by Crippen LogP contribution is 2.32. The van der Waals surface area contributed by atoms with Crippen LogP contribution in [0.5, 0.6) is 5.75 Å². The number of aromatic nitrogens is 6. The molecule has 5 heterocycles. The summed E-state index contributed by atoms with van der Waals surface area (Å²) in [4.78, 5) is 9.02. The monoisotopic (exact) mass is 485 g/mol. The van der Waals surface area contributed by atoms with Crippen LogP contribution < -0.4 is 15.4 Å². The Bertz CT molecular complexity index is 1650. The molecule has 4 aromatic heterocycles. The molecule has 5 aromatic rings. The average molecular weight is 485 g/mol. The van der Waals surface area contributed by atoms with E-state index < -0.39 is 0 Å². The topological polar surface area (TPSA) is 138 Å². The van der Waals surface area contributed by atoms with Gasteiger partial charge in [0.2, 0.25) is 5.95 Å². The summed E-state index contributed by atoms with van der Waals surface area (Å²) in [5.41, 5.74) is 4.17. The third-order valence-electron chi connectivity index (χ3n) is 6.17. The van der Waals surface area contributed by atoms with Crippen molar-refractivity contribution in [2.45, 2.75) is 13.0 Å². The van der Waals surface area contributed by atoms with Crippen LogP contribution in [-0.2, 0) is 13.0 Å². The van der Waals surface area contributed by atoms with E-state index in [2.05, 4.69) is 36.9 Å². The third kappa shape index (κ3) is 3.45. The van der Waals surface area contributed by atoms with Crippen LogP contribution in [0.15, 0.2) is 43.0 Å². The molecule has 0 bridgehead atoms. The molecule has 0 saturated carbocycles. The van der Waals surface area contributed by atoms with Crippen molar-refractivity contribution in [3.8, 4) is 22.9 Å². The van der Waals surface area contributed by atoms with Gasteiger partial charge in [-0.3, -0.25) is 8.80 Å². The molecule has 1 aliphatic heterocycles. The molecule has 36 heavy (non-hydrogen) atoms. The molecule has 6 rings (SSSR count). The van der Waals surface area contributed by atoms with Crippen molar-refractivity contribution in [1.29, 1.82) is 5.26 Å². The van der Waals surface area contributed by atoms with Gasteiger partial charge in [0.1, 0.15) is 41.1 Å². The number of hydrogen-bond acceptors (Lipinski definition) is 9. The van der Waals surface area contributed by atoms with Crippen LogP contribution in [0.1, 0.15) is 16.8 Å². The number of aliphatic hydroxyl groups is 1. The molecule has 180 valence electrons. The number of halogens is 1. The van der Waals surface area contributed by atoms with Crippen molar-refractivity contribution in [2.24, 2.45) is 0 Å². The number of ether oxygens (including phenoxy) is 1. The van der Waals surface area contributed by atoms with Crippen molar-refractivity contribution in [1.82, 2.24) is 29.0 Å². The van der Waals surface area contributed by atoms with Gasteiger partial charge in [0.05, 0.1) is 19.4 Å². The smallest absolute Gasteiger partial charge is 0.210 e. The first-order chi connectivity index (χ1) is 17.7. The first-order valence-electron chi connectivity index (χ1n) is 11.3. The van der Waals surface area contributed by atoms with E-state index in [9.17, 15) is 14.8 Å². The second-order valence-corrected chi connectivity index (χ2v) is 8.17. The normalized spacial score (nSPS) is 12.5. The Hall–Kier alpha value is -4.76. The number of nitrogens with zero attached hydrogens (tertiary/aromatic N) is 7. The maximum absolute atomic E-state index is 14.6. The summed E-state index contributed by atoms with van der Waals surface area (Å²) in [5.74, 6) is 1.49. The van der Waals surface area contributed by atoms with Gasteiger partial charge in [-0.1, -0.05) is 0 Å². The van der Waals surface area contributed by atoms with Gasteiger partial charge in [-0.2, -0.15) is 5.26 Å². The minimum Gasteiger partial charge on any atom is -0.493 e. The van der Waals surface area contributed by atoms with Crippen molar-refractivity contribution >= 4 is 23.1 Å². The molecule has 0 amide bonds. The Balaban J connectivity index is 1.39. The van der Waals surface area contributed by atoms with Crippen LogP contribution in [0, 0.1) is 17.1 Å². The van der Waals surface area contributed by atoms with Crippen LogP contribution in [0.2, 0.25) is 0 Å². The Morgan fingerprint density at radius 2 is 2.03 bits per heavy atom. The standard InChI is InChI=1S/C24H20FN9O2/c25-19-2-3-20-15(5-8-36-20)17(19)11-29-24-30-12-18(23-32-31-13-33(23)24)16-1-4-21(27-6-7-35)34-14(9-26)10-28-22(16)34/h1-4,10,12-13,27,35H,5-8,11H2,(H,29,30). The minimum atomic E-state index is -0.298. The second-order valence-electron chi connectivity index (χ2n) is 8.17. The number of anilines is 2.